The van der Waals surface area contributed by atoms with Crippen molar-refractivity contribution in [3.8, 4) is 11.5 Å². The van der Waals surface area contributed by atoms with Crippen LogP contribution in [0.2, 0.25) is 0 Å². The molecule has 1 aromatic heterocycles. The van der Waals surface area contributed by atoms with Crippen molar-refractivity contribution < 1.29 is 19.1 Å². The maximum absolute atomic E-state index is 12.7. The third-order valence-corrected chi connectivity index (χ3v) is 4.33. The number of aromatic nitrogens is 2. The molecule has 0 radical (unpaired) electrons. The molecule has 1 amide bonds. The van der Waals surface area contributed by atoms with Gasteiger partial charge in [-0.2, -0.15) is 0 Å². The first-order chi connectivity index (χ1) is 14.2. The van der Waals surface area contributed by atoms with Crippen molar-refractivity contribution in [3.63, 3.8) is 0 Å². The number of hydrogen-bond donors (Lipinski definition) is 3. The quantitative estimate of drug-likeness (QED) is 0.455. The lowest BCUT2D eigenvalue weighted by atomic mass is 9.90. The Morgan fingerprint density at radius 2 is 1.83 bits per heavy atom. The highest BCUT2D eigenvalue weighted by Gasteiger charge is 2.20. The van der Waals surface area contributed by atoms with E-state index in [1.165, 1.54) is 7.11 Å². The van der Waals surface area contributed by atoms with Crippen molar-refractivity contribution in [1.82, 2.24) is 20.6 Å². The van der Waals surface area contributed by atoms with Gasteiger partial charge in [-0.25, -0.2) is 4.98 Å². The molecule has 0 atom stereocenters. The molecule has 0 aliphatic carbocycles. The number of methoxy groups -OCH3 is 2. The van der Waals surface area contributed by atoms with E-state index in [9.17, 15) is 9.59 Å². The van der Waals surface area contributed by atoms with Crippen LogP contribution >= 0.6 is 0 Å². The number of H-pyrrole nitrogens is 1. The number of aldehydes is 1. The van der Waals surface area contributed by atoms with Crippen LogP contribution in [0.5, 0.6) is 11.5 Å². The maximum atomic E-state index is 12.7. The monoisotopic (exact) mass is 412 g/mol. The largest absolute Gasteiger partial charge is 0.493 e. The average Bonchev–Trinajstić information content (AvgIpc) is 3.20. The summed E-state index contributed by atoms with van der Waals surface area (Å²) in [5.41, 5.74) is 2.43. The molecule has 0 unspecified atom stereocenters. The van der Waals surface area contributed by atoms with Gasteiger partial charge >= 0.3 is 0 Å². The number of benzene rings is 1. The summed E-state index contributed by atoms with van der Waals surface area (Å²) in [6.45, 7) is 6.15. The Kier molecular flexibility index (Phi) is 7.41. The molecule has 0 aliphatic heterocycles. The van der Waals surface area contributed by atoms with E-state index in [4.69, 9.17) is 9.47 Å². The number of nitrogens with one attached hydrogen (secondary N) is 3. The van der Waals surface area contributed by atoms with Gasteiger partial charge in [-0.15, -0.1) is 0 Å². The van der Waals surface area contributed by atoms with Crippen LogP contribution in [0.15, 0.2) is 35.9 Å². The molecule has 0 saturated heterocycles. The molecule has 8 heteroatoms. The fourth-order valence-corrected chi connectivity index (χ4v) is 2.82. The van der Waals surface area contributed by atoms with E-state index < -0.39 is 5.91 Å². The van der Waals surface area contributed by atoms with Gasteiger partial charge in [0.25, 0.3) is 5.91 Å². The van der Waals surface area contributed by atoms with Crippen molar-refractivity contribution in [1.29, 1.82) is 0 Å². The fraction of sp³-hybridized carbons (Fsp3) is 0.318. The van der Waals surface area contributed by atoms with Crippen molar-refractivity contribution >= 4 is 24.3 Å². The molecule has 0 spiro atoms. The Hall–Kier alpha value is -3.55. The number of carbonyl (C=O) groups is 2. The van der Waals surface area contributed by atoms with Gasteiger partial charge in [0.1, 0.15) is 5.70 Å². The van der Waals surface area contributed by atoms with E-state index in [0.29, 0.717) is 29.0 Å². The van der Waals surface area contributed by atoms with E-state index in [2.05, 4.69) is 20.6 Å². The van der Waals surface area contributed by atoms with Crippen LogP contribution in [0.1, 0.15) is 37.7 Å². The molecule has 0 aliphatic rings. The Bertz CT molecular complexity index is 968. The molecule has 8 nitrogen and oxygen atoms in total. The highest BCUT2D eigenvalue weighted by Crippen LogP contribution is 2.28. The minimum absolute atomic E-state index is 0.103. The summed E-state index contributed by atoms with van der Waals surface area (Å²) in [4.78, 5) is 31.7. The van der Waals surface area contributed by atoms with Gasteiger partial charge in [-0.1, -0.05) is 26.8 Å². The third-order valence-electron chi connectivity index (χ3n) is 4.33. The highest BCUT2D eigenvalue weighted by atomic mass is 16.5. The second-order valence-corrected chi connectivity index (χ2v) is 7.51. The lowest BCUT2D eigenvalue weighted by Gasteiger charge is -2.17. The topological polar surface area (TPSA) is 105 Å². The standard InChI is InChI=1S/C22H28N4O4/c1-22(2,3)20-16(24-13-25-20)11-17(23-4)21(28)26-15(12-27)9-14-7-8-18(29-5)19(10-14)30-6/h7-13,23H,1-6H3,(H,24,25)(H,26,28)/b15-9-,17-11-. The molecule has 2 aromatic rings. The first kappa shape index (κ1) is 22.7. The summed E-state index contributed by atoms with van der Waals surface area (Å²) in [7, 11) is 4.70. The zero-order valence-corrected chi connectivity index (χ0v) is 18.1. The molecule has 3 N–H and O–H groups in total. The van der Waals surface area contributed by atoms with Crippen molar-refractivity contribution in [3.05, 3.63) is 52.9 Å². The van der Waals surface area contributed by atoms with Crippen molar-refractivity contribution in [2.45, 2.75) is 26.2 Å². The number of aromatic amines is 1. The molecule has 1 heterocycles. The molecule has 0 fully saturated rings. The summed E-state index contributed by atoms with van der Waals surface area (Å²) in [6.07, 6.45) is 5.36. The normalized spacial score (nSPS) is 12.3. The minimum atomic E-state index is -0.459. The number of likely N-dealkylation sites (N-methyl/N-ethyl adjacent to an activating group) is 1. The predicted octanol–water partition coefficient (Wildman–Crippen LogP) is 2.64. The molecule has 0 bridgehead atoms. The number of imidazole rings is 1. The first-order valence-corrected chi connectivity index (χ1v) is 9.37. The van der Waals surface area contributed by atoms with Crippen LogP contribution in [-0.2, 0) is 15.0 Å². The molecule has 2 rings (SSSR count). The Morgan fingerprint density at radius 3 is 2.40 bits per heavy atom. The molecule has 0 saturated carbocycles. The van der Waals surface area contributed by atoms with Gasteiger partial charge in [0.15, 0.2) is 17.8 Å². The first-order valence-electron chi connectivity index (χ1n) is 9.37. The molecule has 30 heavy (non-hydrogen) atoms. The number of allylic oxidation sites excluding steroid dienone is 1. The molecule has 1 aromatic carbocycles. The second kappa shape index (κ2) is 9.78. The fourth-order valence-electron chi connectivity index (χ4n) is 2.82. The van der Waals surface area contributed by atoms with E-state index in [1.54, 1.807) is 50.8 Å². The van der Waals surface area contributed by atoms with Gasteiger partial charge in [-0.3, -0.25) is 9.59 Å². The van der Waals surface area contributed by atoms with Gasteiger partial charge in [0, 0.05) is 18.2 Å². The van der Waals surface area contributed by atoms with E-state index in [0.717, 1.165) is 5.69 Å². The molecular weight excluding hydrogens is 384 g/mol. The number of hydrogen-bond acceptors (Lipinski definition) is 6. The highest BCUT2D eigenvalue weighted by molar-refractivity contribution is 6.01. The van der Waals surface area contributed by atoms with Crippen LogP contribution < -0.4 is 20.1 Å². The van der Waals surface area contributed by atoms with Crippen LogP contribution in [0.3, 0.4) is 0 Å². The lowest BCUT2D eigenvalue weighted by Crippen LogP contribution is -2.30. The minimum Gasteiger partial charge on any atom is -0.493 e. The summed E-state index contributed by atoms with van der Waals surface area (Å²) in [5.74, 6) is 0.631. The number of rotatable bonds is 8. The van der Waals surface area contributed by atoms with Crippen LogP contribution in [0.4, 0.5) is 0 Å². The summed E-state index contributed by atoms with van der Waals surface area (Å²) >= 11 is 0. The van der Waals surface area contributed by atoms with Gasteiger partial charge < -0.3 is 25.1 Å². The van der Waals surface area contributed by atoms with Crippen molar-refractivity contribution in [2.75, 3.05) is 21.3 Å². The number of carbonyl (C=O) groups excluding carboxylic acids is 2. The van der Waals surface area contributed by atoms with Crippen LogP contribution in [0, 0.1) is 0 Å². The Balaban J connectivity index is 2.28. The number of nitrogens with zero attached hydrogens (tertiary/aromatic N) is 1. The summed E-state index contributed by atoms with van der Waals surface area (Å²) in [5, 5.41) is 5.48. The van der Waals surface area contributed by atoms with Crippen LogP contribution in [0.25, 0.3) is 12.2 Å². The third kappa shape index (κ3) is 5.50. The Morgan fingerprint density at radius 1 is 1.13 bits per heavy atom. The van der Waals surface area contributed by atoms with Crippen LogP contribution in [-0.4, -0.2) is 43.4 Å². The molecule has 160 valence electrons. The SMILES string of the molecule is CN/C(=C\c1nc[nH]c1C(C)(C)C)C(=O)N/C(C=O)=C\c1ccc(OC)c(OC)c1. The number of amides is 1. The Labute approximate surface area is 176 Å². The maximum Gasteiger partial charge on any atom is 0.271 e. The zero-order chi connectivity index (χ0) is 22.3. The number of ether oxygens (including phenoxy) is 2. The second-order valence-electron chi connectivity index (χ2n) is 7.51. The van der Waals surface area contributed by atoms with E-state index >= 15 is 0 Å². The smallest absolute Gasteiger partial charge is 0.271 e. The summed E-state index contributed by atoms with van der Waals surface area (Å²) < 4.78 is 10.5. The average molecular weight is 412 g/mol. The lowest BCUT2D eigenvalue weighted by molar-refractivity contribution is -0.118. The van der Waals surface area contributed by atoms with Gasteiger partial charge in [-0.05, 0) is 29.8 Å². The van der Waals surface area contributed by atoms with Gasteiger partial charge in [0.05, 0.1) is 31.9 Å². The van der Waals surface area contributed by atoms with E-state index in [1.807, 2.05) is 20.8 Å². The summed E-state index contributed by atoms with van der Waals surface area (Å²) in [6, 6.07) is 5.19. The predicted molar refractivity (Wildman–Crippen MR) is 116 cm³/mol. The van der Waals surface area contributed by atoms with Crippen molar-refractivity contribution in [2.24, 2.45) is 0 Å². The van der Waals surface area contributed by atoms with E-state index in [-0.39, 0.29) is 16.8 Å². The zero-order valence-electron chi connectivity index (χ0n) is 18.1. The van der Waals surface area contributed by atoms with Gasteiger partial charge in [0.2, 0.25) is 0 Å². The molecular formula is C22H28N4O4.